The molecule has 1 aliphatic heterocycles. The van der Waals surface area contributed by atoms with Crippen LogP contribution in [0.3, 0.4) is 0 Å². The molecule has 2 heterocycles. The molecule has 1 unspecified atom stereocenters. The summed E-state index contributed by atoms with van der Waals surface area (Å²) in [5.41, 5.74) is 0.999. The summed E-state index contributed by atoms with van der Waals surface area (Å²) >= 11 is 3.66. The standard InChI is InChI=1S/C13H14BrN3/c1-9-11-4-2-3-5-12(11)13(16-15-9)17-7-6-10(14)8-17/h2-5,10H,6-8H2,1H3. The van der Waals surface area contributed by atoms with Crippen LogP contribution < -0.4 is 4.90 Å². The third-order valence-electron chi connectivity index (χ3n) is 3.28. The van der Waals surface area contributed by atoms with Crippen LogP contribution in [0.5, 0.6) is 0 Å². The molecule has 1 fully saturated rings. The average molecular weight is 292 g/mol. The molecule has 0 N–H and O–H groups in total. The van der Waals surface area contributed by atoms with Gasteiger partial charge in [-0.05, 0) is 13.3 Å². The van der Waals surface area contributed by atoms with Crippen molar-refractivity contribution in [3.05, 3.63) is 30.0 Å². The predicted molar refractivity (Wildman–Crippen MR) is 73.8 cm³/mol. The van der Waals surface area contributed by atoms with Crippen molar-refractivity contribution in [1.82, 2.24) is 10.2 Å². The molecule has 3 nitrogen and oxygen atoms in total. The molecule has 1 aromatic heterocycles. The first kappa shape index (κ1) is 11.0. The Balaban J connectivity index is 2.14. The Hall–Kier alpha value is -1.16. The third-order valence-corrected chi connectivity index (χ3v) is 4.03. The van der Waals surface area contributed by atoms with Gasteiger partial charge in [0.05, 0.1) is 5.69 Å². The fraction of sp³-hybridized carbons (Fsp3) is 0.385. The van der Waals surface area contributed by atoms with Gasteiger partial charge < -0.3 is 4.90 Å². The van der Waals surface area contributed by atoms with Gasteiger partial charge in [0.2, 0.25) is 0 Å². The van der Waals surface area contributed by atoms with Crippen molar-refractivity contribution >= 4 is 32.5 Å². The molecule has 0 aliphatic carbocycles. The van der Waals surface area contributed by atoms with Crippen molar-refractivity contribution < 1.29 is 0 Å². The Labute approximate surface area is 109 Å². The molecule has 2 aromatic rings. The number of hydrogen-bond donors (Lipinski definition) is 0. The Bertz CT molecular complexity index is 555. The molecule has 1 aromatic carbocycles. The van der Waals surface area contributed by atoms with E-state index in [0.717, 1.165) is 24.6 Å². The summed E-state index contributed by atoms with van der Waals surface area (Å²) in [5.74, 6) is 1.02. The second-order valence-electron chi connectivity index (χ2n) is 4.49. The summed E-state index contributed by atoms with van der Waals surface area (Å²) in [4.78, 5) is 2.89. The Morgan fingerprint density at radius 2 is 2.00 bits per heavy atom. The van der Waals surface area contributed by atoms with Crippen LogP contribution in [0.1, 0.15) is 12.1 Å². The zero-order chi connectivity index (χ0) is 11.8. The van der Waals surface area contributed by atoms with E-state index in [0.29, 0.717) is 4.83 Å². The Morgan fingerprint density at radius 1 is 1.24 bits per heavy atom. The van der Waals surface area contributed by atoms with Crippen molar-refractivity contribution in [1.29, 1.82) is 0 Å². The van der Waals surface area contributed by atoms with E-state index >= 15 is 0 Å². The van der Waals surface area contributed by atoms with Gasteiger partial charge in [0.25, 0.3) is 0 Å². The van der Waals surface area contributed by atoms with E-state index in [-0.39, 0.29) is 0 Å². The minimum atomic E-state index is 0.573. The number of halogens is 1. The molecule has 1 saturated heterocycles. The van der Waals surface area contributed by atoms with Crippen LogP contribution in [-0.4, -0.2) is 28.1 Å². The Kier molecular flexibility index (Phi) is 2.74. The highest BCUT2D eigenvalue weighted by Gasteiger charge is 2.23. The van der Waals surface area contributed by atoms with Crippen LogP contribution in [0.4, 0.5) is 5.82 Å². The third kappa shape index (κ3) is 1.90. The minimum Gasteiger partial charge on any atom is -0.353 e. The smallest absolute Gasteiger partial charge is 0.159 e. The van der Waals surface area contributed by atoms with E-state index in [1.165, 1.54) is 17.2 Å². The van der Waals surface area contributed by atoms with Gasteiger partial charge in [0.1, 0.15) is 0 Å². The molecule has 1 aliphatic rings. The summed E-state index contributed by atoms with van der Waals surface area (Å²) in [5, 5.41) is 11.1. The van der Waals surface area contributed by atoms with E-state index in [2.05, 4.69) is 55.3 Å². The van der Waals surface area contributed by atoms with E-state index in [1.807, 2.05) is 6.92 Å². The van der Waals surface area contributed by atoms with E-state index in [1.54, 1.807) is 0 Å². The number of benzene rings is 1. The zero-order valence-corrected chi connectivity index (χ0v) is 11.3. The van der Waals surface area contributed by atoms with Crippen molar-refractivity contribution in [3.8, 4) is 0 Å². The molecular weight excluding hydrogens is 278 g/mol. The Morgan fingerprint density at radius 3 is 2.71 bits per heavy atom. The highest BCUT2D eigenvalue weighted by atomic mass is 79.9. The zero-order valence-electron chi connectivity index (χ0n) is 9.73. The van der Waals surface area contributed by atoms with Gasteiger partial charge in [0.15, 0.2) is 5.82 Å². The molecule has 88 valence electrons. The molecule has 0 radical (unpaired) electrons. The number of aryl methyl sites for hydroxylation is 1. The van der Waals surface area contributed by atoms with Crippen molar-refractivity contribution in [2.75, 3.05) is 18.0 Å². The van der Waals surface area contributed by atoms with Crippen LogP contribution in [0, 0.1) is 6.92 Å². The minimum absolute atomic E-state index is 0.573. The highest BCUT2D eigenvalue weighted by Crippen LogP contribution is 2.29. The molecule has 0 amide bonds. The molecule has 1 atom stereocenters. The number of alkyl halides is 1. The number of rotatable bonds is 1. The summed E-state index contributed by atoms with van der Waals surface area (Å²) in [7, 11) is 0. The normalized spacial score (nSPS) is 20.1. The number of anilines is 1. The van der Waals surface area contributed by atoms with Gasteiger partial charge in [-0.3, -0.25) is 0 Å². The fourth-order valence-corrected chi connectivity index (χ4v) is 2.92. The van der Waals surface area contributed by atoms with Crippen molar-refractivity contribution in [3.63, 3.8) is 0 Å². The molecular formula is C13H14BrN3. The van der Waals surface area contributed by atoms with Crippen molar-refractivity contribution in [2.45, 2.75) is 18.2 Å². The van der Waals surface area contributed by atoms with Gasteiger partial charge >= 0.3 is 0 Å². The summed E-state index contributed by atoms with van der Waals surface area (Å²) in [6.45, 7) is 4.08. The molecule has 3 rings (SSSR count). The van der Waals surface area contributed by atoms with Gasteiger partial charge in [-0.15, -0.1) is 5.10 Å². The second-order valence-corrected chi connectivity index (χ2v) is 5.78. The maximum Gasteiger partial charge on any atom is 0.159 e. The monoisotopic (exact) mass is 291 g/mol. The van der Waals surface area contributed by atoms with Gasteiger partial charge in [-0.1, -0.05) is 40.2 Å². The summed E-state index contributed by atoms with van der Waals surface area (Å²) < 4.78 is 0. The SMILES string of the molecule is Cc1nnc(N2CCC(Br)C2)c2ccccc12. The van der Waals surface area contributed by atoms with Crippen LogP contribution in [0.15, 0.2) is 24.3 Å². The number of nitrogens with zero attached hydrogens (tertiary/aromatic N) is 3. The van der Waals surface area contributed by atoms with Crippen molar-refractivity contribution in [2.24, 2.45) is 0 Å². The van der Waals surface area contributed by atoms with E-state index < -0.39 is 0 Å². The summed E-state index contributed by atoms with van der Waals surface area (Å²) in [6, 6.07) is 8.37. The molecule has 0 saturated carbocycles. The first-order valence-electron chi connectivity index (χ1n) is 5.87. The molecule has 17 heavy (non-hydrogen) atoms. The largest absolute Gasteiger partial charge is 0.353 e. The van der Waals surface area contributed by atoms with Gasteiger partial charge in [0, 0.05) is 28.7 Å². The molecule has 0 bridgehead atoms. The van der Waals surface area contributed by atoms with Crippen LogP contribution in [0.2, 0.25) is 0 Å². The number of hydrogen-bond acceptors (Lipinski definition) is 3. The lowest BCUT2D eigenvalue weighted by Gasteiger charge is -2.18. The first-order valence-corrected chi connectivity index (χ1v) is 6.78. The van der Waals surface area contributed by atoms with E-state index in [9.17, 15) is 0 Å². The lowest BCUT2D eigenvalue weighted by atomic mass is 10.1. The lowest BCUT2D eigenvalue weighted by molar-refractivity contribution is 0.895. The average Bonchev–Trinajstić information content (AvgIpc) is 2.77. The summed E-state index contributed by atoms with van der Waals surface area (Å²) in [6.07, 6.45) is 1.17. The maximum atomic E-state index is 4.38. The number of fused-ring (bicyclic) bond motifs is 1. The highest BCUT2D eigenvalue weighted by molar-refractivity contribution is 9.09. The van der Waals surface area contributed by atoms with Gasteiger partial charge in [-0.25, -0.2) is 0 Å². The van der Waals surface area contributed by atoms with E-state index in [4.69, 9.17) is 0 Å². The second kappa shape index (κ2) is 4.26. The predicted octanol–water partition coefficient (Wildman–Crippen LogP) is 2.91. The topological polar surface area (TPSA) is 29.0 Å². The van der Waals surface area contributed by atoms with Crippen LogP contribution in [0.25, 0.3) is 10.8 Å². The number of aromatic nitrogens is 2. The quantitative estimate of drug-likeness (QED) is 0.757. The van der Waals surface area contributed by atoms with Crippen LogP contribution in [-0.2, 0) is 0 Å². The van der Waals surface area contributed by atoms with Gasteiger partial charge in [-0.2, -0.15) is 5.10 Å². The van der Waals surface area contributed by atoms with Crippen LogP contribution >= 0.6 is 15.9 Å². The molecule has 0 spiro atoms. The maximum absolute atomic E-state index is 4.38. The lowest BCUT2D eigenvalue weighted by Crippen LogP contribution is -2.21. The fourth-order valence-electron chi connectivity index (χ4n) is 2.37. The first-order chi connectivity index (χ1) is 8.25. The molecule has 4 heteroatoms.